The summed E-state index contributed by atoms with van der Waals surface area (Å²) >= 11 is 0. The minimum atomic E-state index is 0.319. The molecule has 4 aromatic rings. The van der Waals surface area contributed by atoms with Gasteiger partial charge >= 0.3 is 0 Å². The Morgan fingerprint density at radius 2 is 1.70 bits per heavy atom. The number of likely N-dealkylation sites (tertiary alicyclic amines) is 1. The number of pyridine rings is 2. The van der Waals surface area contributed by atoms with Gasteiger partial charge in [0.25, 0.3) is 0 Å². The number of anilines is 1. The first kappa shape index (κ1) is 29.1. The van der Waals surface area contributed by atoms with Crippen molar-refractivity contribution < 1.29 is 14.3 Å². The topological polar surface area (TPSA) is 95.5 Å². The summed E-state index contributed by atoms with van der Waals surface area (Å²) in [4.78, 5) is 22.5. The highest BCUT2D eigenvalue weighted by atomic mass is 16.5. The Morgan fingerprint density at radius 1 is 0.925 bits per heavy atom. The number of nitrogens with zero attached hydrogens (tertiary/aromatic N) is 4. The van der Waals surface area contributed by atoms with Gasteiger partial charge in [-0.1, -0.05) is 24.3 Å². The van der Waals surface area contributed by atoms with Crippen LogP contribution >= 0.6 is 0 Å². The van der Waals surface area contributed by atoms with Crippen LogP contribution in [0, 0.1) is 0 Å². The third-order valence-electron chi connectivity index (χ3n) is 7.23. The predicted octanol–water partition coefficient (Wildman–Crippen LogP) is 5.75. The van der Waals surface area contributed by atoms with Crippen LogP contribution in [0.15, 0.2) is 67.1 Å². The van der Waals surface area contributed by atoms with Crippen molar-refractivity contribution in [3.05, 3.63) is 72.7 Å². The predicted molar refractivity (Wildman–Crippen MR) is 160 cm³/mol. The molecule has 8 heteroatoms. The van der Waals surface area contributed by atoms with Crippen LogP contribution < -0.4 is 10.5 Å². The third kappa shape index (κ3) is 8.29. The number of aromatic nitrogens is 3. The molecule has 4 heterocycles. The first-order valence-corrected chi connectivity index (χ1v) is 14.1. The summed E-state index contributed by atoms with van der Waals surface area (Å²) < 4.78 is 12.4. The van der Waals surface area contributed by atoms with Gasteiger partial charge in [-0.05, 0) is 67.9 Å². The van der Waals surface area contributed by atoms with Crippen molar-refractivity contribution >= 4 is 22.6 Å². The van der Waals surface area contributed by atoms with Gasteiger partial charge in [0.1, 0.15) is 5.82 Å². The van der Waals surface area contributed by atoms with Gasteiger partial charge in [-0.2, -0.15) is 0 Å². The van der Waals surface area contributed by atoms with E-state index >= 15 is 0 Å². The minimum Gasteiger partial charge on any atom is -0.481 e. The van der Waals surface area contributed by atoms with Crippen molar-refractivity contribution in [2.45, 2.75) is 51.5 Å². The number of methoxy groups -OCH3 is 2. The summed E-state index contributed by atoms with van der Waals surface area (Å²) in [7, 11) is 3.35. The van der Waals surface area contributed by atoms with Gasteiger partial charge in [-0.15, -0.1) is 0 Å². The summed E-state index contributed by atoms with van der Waals surface area (Å²) in [5, 5.41) is 1.14. The SMILES string of the molecule is COCCCn1ccc2cnc(OC)cc21.Nc1ccc(-c2ccc(CCCC(=O)N3CCCCC3)cc2)cn1. The molecule has 8 nitrogen and oxygen atoms in total. The quantitative estimate of drug-likeness (QED) is 0.256. The largest absolute Gasteiger partial charge is 0.481 e. The van der Waals surface area contributed by atoms with Crippen LogP contribution in [0.2, 0.25) is 0 Å². The Morgan fingerprint density at radius 3 is 2.40 bits per heavy atom. The molecule has 5 rings (SSSR count). The second kappa shape index (κ2) is 15.0. The maximum Gasteiger partial charge on any atom is 0.222 e. The zero-order valence-electron chi connectivity index (χ0n) is 23.7. The molecule has 2 N–H and O–H groups in total. The van der Waals surface area contributed by atoms with Crippen LogP contribution in [0.1, 0.15) is 44.1 Å². The molecular weight excluding hydrogens is 502 g/mol. The molecule has 0 aliphatic carbocycles. The minimum absolute atomic E-state index is 0.319. The van der Waals surface area contributed by atoms with Crippen molar-refractivity contribution in [3.8, 4) is 17.0 Å². The van der Waals surface area contributed by atoms with Gasteiger partial charge in [0, 0.05) is 75.4 Å². The molecule has 1 aliphatic rings. The number of nitrogen functional groups attached to an aromatic ring is 1. The number of nitrogens with two attached hydrogens (primary N) is 1. The lowest BCUT2D eigenvalue weighted by molar-refractivity contribution is -0.132. The molecule has 1 aromatic carbocycles. The van der Waals surface area contributed by atoms with E-state index in [1.165, 1.54) is 12.0 Å². The average Bonchev–Trinajstić information content (AvgIpc) is 3.41. The molecule has 3 aromatic heterocycles. The lowest BCUT2D eigenvalue weighted by atomic mass is 10.0. The van der Waals surface area contributed by atoms with Crippen molar-refractivity contribution in [3.63, 3.8) is 0 Å². The maximum atomic E-state index is 12.2. The van der Waals surface area contributed by atoms with E-state index in [1.807, 2.05) is 29.3 Å². The van der Waals surface area contributed by atoms with E-state index in [4.69, 9.17) is 15.2 Å². The number of amides is 1. The monoisotopic (exact) mass is 543 g/mol. The molecule has 1 fully saturated rings. The summed E-state index contributed by atoms with van der Waals surface area (Å²) in [5.74, 6) is 1.51. The second-order valence-corrected chi connectivity index (χ2v) is 10.1. The number of hydrogen-bond donors (Lipinski definition) is 1. The average molecular weight is 544 g/mol. The zero-order chi connectivity index (χ0) is 28.2. The van der Waals surface area contributed by atoms with Crippen molar-refractivity contribution in [1.82, 2.24) is 19.4 Å². The van der Waals surface area contributed by atoms with Gasteiger partial charge in [-0.3, -0.25) is 4.79 Å². The first-order valence-electron chi connectivity index (χ1n) is 14.1. The van der Waals surface area contributed by atoms with Crippen molar-refractivity contribution in [1.29, 1.82) is 0 Å². The highest BCUT2D eigenvalue weighted by molar-refractivity contribution is 5.80. The van der Waals surface area contributed by atoms with E-state index in [0.29, 0.717) is 24.0 Å². The Bertz CT molecular complexity index is 1330. The standard InChI is InChI=1S/C20H25N3O.C12H16N2O2/c21-19-12-11-18(15-22-19)17-9-7-16(8-10-17)5-4-6-20(24)23-13-2-1-3-14-23;1-15-7-3-5-14-6-4-10-9-13-12(16-2)8-11(10)14/h7-12,15H,1-6,13-14H2,(H2,21,22);4,6,8-9H,3,5,7H2,1-2H3. The van der Waals surface area contributed by atoms with Crippen molar-refractivity contribution in [2.75, 3.05) is 39.6 Å². The number of benzene rings is 1. The first-order chi connectivity index (χ1) is 19.6. The molecule has 1 amide bonds. The van der Waals surface area contributed by atoms with E-state index in [1.54, 1.807) is 20.4 Å². The third-order valence-corrected chi connectivity index (χ3v) is 7.23. The Hall–Kier alpha value is -3.91. The lowest BCUT2D eigenvalue weighted by Gasteiger charge is -2.26. The Balaban J connectivity index is 0.000000201. The number of hydrogen-bond acceptors (Lipinski definition) is 6. The van der Waals surface area contributed by atoms with Crippen LogP contribution in [0.5, 0.6) is 5.88 Å². The Labute approximate surface area is 237 Å². The maximum absolute atomic E-state index is 12.2. The molecule has 1 saturated heterocycles. The van der Waals surface area contributed by atoms with Crippen molar-refractivity contribution in [2.24, 2.45) is 0 Å². The van der Waals surface area contributed by atoms with Gasteiger partial charge in [0.05, 0.1) is 12.6 Å². The number of rotatable bonds is 10. The Kier molecular flexibility index (Phi) is 10.9. The number of aryl methyl sites for hydroxylation is 2. The summed E-state index contributed by atoms with van der Waals surface area (Å²) in [5.41, 5.74) is 10.2. The molecule has 0 saturated carbocycles. The zero-order valence-corrected chi connectivity index (χ0v) is 23.7. The fraction of sp³-hybridized carbons (Fsp3) is 0.406. The normalized spacial score (nSPS) is 13.1. The highest BCUT2D eigenvalue weighted by Gasteiger charge is 2.15. The highest BCUT2D eigenvalue weighted by Crippen LogP contribution is 2.21. The number of fused-ring (bicyclic) bond motifs is 1. The number of piperidine rings is 1. The number of ether oxygens (including phenoxy) is 2. The van der Waals surface area contributed by atoms with Crippen LogP contribution in [0.25, 0.3) is 22.0 Å². The summed E-state index contributed by atoms with van der Waals surface area (Å²) in [6, 6.07) is 16.3. The molecular formula is C32H41N5O3. The fourth-order valence-electron chi connectivity index (χ4n) is 4.94. The molecule has 212 valence electrons. The second-order valence-electron chi connectivity index (χ2n) is 10.1. The van der Waals surface area contributed by atoms with E-state index in [0.717, 1.165) is 80.4 Å². The molecule has 0 radical (unpaired) electrons. The molecule has 0 atom stereocenters. The van der Waals surface area contributed by atoms with Crippen LogP contribution in [0.4, 0.5) is 5.82 Å². The van der Waals surface area contributed by atoms with Gasteiger partial charge in [-0.25, -0.2) is 9.97 Å². The fourth-order valence-corrected chi connectivity index (χ4v) is 4.94. The molecule has 0 bridgehead atoms. The number of carbonyl (C=O) groups is 1. The summed E-state index contributed by atoms with van der Waals surface area (Å²) in [6.07, 6.45) is 12.8. The van der Waals surface area contributed by atoms with Gasteiger partial charge in [0.2, 0.25) is 11.8 Å². The smallest absolute Gasteiger partial charge is 0.222 e. The summed E-state index contributed by atoms with van der Waals surface area (Å²) in [6.45, 7) is 3.62. The van der Waals surface area contributed by atoms with E-state index in [2.05, 4.69) is 51.1 Å². The van der Waals surface area contributed by atoms with Crippen LogP contribution in [0.3, 0.4) is 0 Å². The van der Waals surface area contributed by atoms with Crippen LogP contribution in [-0.4, -0.2) is 59.3 Å². The number of carbonyl (C=O) groups excluding carboxylic acids is 1. The molecule has 40 heavy (non-hydrogen) atoms. The molecule has 1 aliphatic heterocycles. The lowest BCUT2D eigenvalue weighted by Crippen LogP contribution is -2.35. The van der Waals surface area contributed by atoms with Gasteiger partial charge < -0.3 is 24.7 Å². The van der Waals surface area contributed by atoms with E-state index in [9.17, 15) is 4.79 Å². The van der Waals surface area contributed by atoms with Gasteiger partial charge in [0.15, 0.2) is 0 Å². The molecule has 0 unspecified atom stereocenters. The molecule has 0 spiro atoms. The van der Waals surface area contributed by atoms with E-state index < -0.39 is 0 Å². The van der Waals surface area contributed by atoms with Crippen LogP contribution in [-0.2, 0) is 22.5 Å². The van der Waals surface area contributed by atoms with E-state index in [-0.39, 0.29) is 0 Å².